The van der Waals surface area contributed by atoms with Crippen LogP contribution in [0.1, 0.15) is 22.9 Å². The van der Waals surface area contributed by atoms with Crippen molar-refractivity contribution in [2.24, 2.45) is 0 Å². The van der Waals surface area contributed by atoms with E-state index in [9.17, 15) is 14.7 Å². The Kier molecular flexibility index (Phi) is 3.53. The third-order valence-corrected chi connectivity index (χ3v) is 5.51. The molecule has 0 fully saturated rings. The number of hydrogen-bond donors (Lipinski definition) is 3. The zero-order valence-corrected chi connectivity index (χ0v) is 15.0. The van der Waals surface area contributed by atoms with Crippen LogP contribution in [0.4, 0.5) is 0 Å². The summed E-state index contributed by atoms with van der Waals surface area (Å²) in [5.74, 6) is -0.312. The number of aromatic amines is 2. The number of halogens is 1. The van der Waals surface area contributed by atoms with Gasteiger partial charge >= 0.3 is 5.69 Å². The van der Waals surface area contributed by atoms with E-state index in [1.165, 1.54) is 0 Å². The maximum Gasteiger partial charge on any atom is 0.340 e. The molecule has 3 heterocycles. The minimum absolute atomic E-state index is 0.180. The lowest BCUT2D eigenvalue weighted by molar-refractivity contribution is 0.253. The summed E-state index contributed by atoms with van der Waals surface area (Å²) < 4.78 is 1.03. The zero-order valence-electron chi connectivity index (χ0n) is 12.8. The molecule has 0 aliphatic carbocycles. The van der Waals surface area contributed by atoms with Gasteiger partial charge in [0.1, 0.15) is 5.56 Å². The molecule has 2 aromatic heterocycles. The van der Waals surface area contributed by atoms with Gasteiger partial charge in [-0.3, -0.25) is 14.7 Å². The summed E-state index contributed by atoms with van der Waals surface area (Å²) >= 11 is 1.68. The number of rotatable bonds is 1. The molecule has 4 rings (SSSR count). The summed E-state index contributed by atoms with van der Waals surface area (Å²) in [6, 6.07) is 7.55. The van der Waals surface area contributed by atoms with Crippen LogP contribution in [-0.4, -0.2) is 36.3 Å². The molecular weight excluding hydrogens is 423 g/mol. The van der Waals surface area contributed by atoms with Crippen molar-refractivity contribution < 1.29 is 5.11 Å². The molecule has 0 saturated heterocycles. The molecule has 0 saturated carbocycles. The molecule has 1 aliphatic heterocycles. The topological polar surface area (TPSA) is 94.1 Å². The van der Waals surface area contributed by atoms with E-state index in [0.29, 0.717) is 0 Å². The maximum absolute atomic E-state index is 12.4. The van der Waals surface area contributed by atoms with Crippen molar-refractivity contribution in [1.82, 2.24) is 17.6 Å². The van der Waals surface area contributed by atoms with Crippen LogP contribution < -0.4 is 11.2 Å². The third-order valence-electron chi connectivity index (χ3n) is 4.62. The Morgan fingerprint density at radius 2 is 2.00 bits per heavy atom. The van der Waals surface area contributed by atoms with E-state index in [1.54, 1.807) is 22.9 Å². The van der Waals surface area contributed by atoms with E-state index in [1.807, 2.05) is 30.1 Å². The minimum atomic E-state index is -0.641. The first-order valence-corrected chi connectivity index (χ1v) is 8.49. The van der Waals surface area contributed by atoms with Gasteiger partial charge in [0, 0.05) is 23.1 Å². The van der Waals surface area contributed by atoms with Crippen molar-refractivity contribution in [2.75, 3.05) is 13.6 Å². The van der Waals surface area contributed by atoms with E-state index >= 15 is 0 Å². The predicted molar refractivity (Wildman–Crippen MR) is 98.9 cm³/mol. The molecule has 24 heavy (non-hydrogen) atoms. The SMILES string of the molecule is CN1CCc2c([nH]c3ccccc23)C1c1c(O)n(I)c(=O)[nH]c1=O. The van der Waals surface area contributed by atoms with Gasteiger partial charge in [-0.2, -0.15) is 0 Å². The van der Waals surface area contributed by atoms with E-state index in [-0.39, 0.29) is 11.4 Å². The van der Waals surface area contributed by atoms with Crippen molar-refractivity contribution in [2.45, 2.75) is 12.5 Å². The van der Waals surface area contributed by atoms with Gasteiger partial charge in [-0.05, 0) is 25.1 Å². The van der Waals surface area contributed by atoms with Gasteiger partial charge in [-0.15, -0.1) is 0 Å². The van der Waals surface area contributed by atoms with Gasteiger partial charge in [0.25, 0.3) is 5.56 Å². The standard InChI is InChI=1S/C16H15IN4O3/c1-20-7-6-9-8-4-2-3-5-10(8)18-12(9)13(20)11-14(22)19-16(24)21(17)15(11)23/h2-5,13,18,23H,6-7H2,1H3,(H,19,22,24). The van der Waals surface area contributed by atoms with Gasteiger partial charge in [0.2, 0.25) is 5.88 Å². The Morgan fingerprint density at radius 3 is 2.79 bits per heavy atom. The van der Waals surface area contributed by atoms with Crippen LogP contribution >= 0.6 is 22.9 Å². The fourth-order valence-electron chi connectivity index (χ4n) is 3.49. The number of para-hydroxylation sites is 1. The van der Waals surface area contributed by atoms with Crippen molar-refractivity contribution in [3.05, 3.63) is 61.9 Å². The number of H-pyrrole nitrogens is 2. The number of nitrogens with one attached hydrogen (secondary N) is 2. The Labute approximate surface area is 150 Å². The van der Waals surface area contributed by atoms with Crippen LogP contribution in [-0.2, 0) is 6.42 Å². The highest BCUT2D eigenvalue weighted by Crippen LogP contribution is 2.38. The molecule has 0 radical (unpaired) electrons. The summed E-state index contributed by atoms with van der Waals surface area (Å²) in [5, 5.41) is 11.6. The quantitative estimate of drug-likeness (QED) is 0.502. The van der Waals surface area contributed by atoms with Crippen LogP contribution in [0, 0.1) is 0 Å². The Morgan fingerprint density at radius 1 is 1.25 bits per heavy atom. The smallest absolute Gasteiger partial charge is 0.340 e. The molecule has 1 atom stereocenters. The van der Waals surface area contributed by atoms with Crippen molar-refractivity contribution in [3.8, 4) is 5.88 Å². The fourth-order valence-corrected chi connectivity index (χ4v) is 3.87. The molecule has 3 N–H and O–H groups in total. The van der Waals surface area contributed by atoms with Gasteiger partial charge < -0.3 is 10.1 Å². The molecule has 7 nitrogen and oxygen atoms in total. The zero-order chi connectivity index (χ0) is 17.0. The molecule has 0 bridgehead atoms. The molecule has 1 aromatic carbocycles. The minimum Gasteiger partial charge on any atom is -0.493 e. The van der Waals surface area contributed by atoms with Crippen LogP contribution in [0.2, 0.25) is 0 Å². The number of fused-ring (bicyclic) bond motifs is 3. The molecular formula is C16H15IN4O3. The molecule has 0 amide bonds. The van der Waals surface area contributed by atoms with Gasteiger partial charge in [0.05, 0.1) is 28.9 Å². The summed E-state index contributed by atoms with van der Waals surface area (Å²) in [6.45, 7) is 0.749. The second kappa shape index (κ2) is 5.49. The number of nitrogens with zero attached hydrogens (tertiary/aromatic N) is 2. The lowest BCUT2D eigenvalue weighted by atomic mass is 9.94. The fraction of sp³-hybridized carbons (Fsp3) is 0.250. The maximum atomic E-state index is 12.4. The van der Waals surface area contributed by atoms with E-state index in [4.69, 9.17) is 0 Å². The Hall–Kier alpha value is -2.07. The van der Waals surface area contributed by atoms with Crippen LogP contribution in [0.25, 0.3) is 10.9 Å². The van der Waals surface area contributed by atoms with Crippen LogP contribution in [0.3, 0.4) is 0 Å². The highest BCUT2D eigenvalue weighted by molar-refractivity contribution is 14.1. The first kappa shape index (κ1) is 15.5. The summed E-state index contributed by atoms with van der Waals surface area (Å²) in [6.07, 6.45) is 0.856. The highest BCUT2D eigenvalue weighted by atomic mass is 127. The van der Waals surface area contributed by atoms with Crippen molar-refractivity contribution in [1.29, 1.82) is 0 Å². The normalized spacial score (nSPS) is 18.0. The van der Waals surface area contributed by atoms with E-state index < -0.39 is 17.3 Å². The first-order chi connectivity index (χ1) is 11.5. The first-order valence-electron chi connectivity index (χ1n) is 7.53. The predicted octanol–water partition coefficient (Wildman–Crippen LogP) is 1.50. The monoisotopic (exact) mass is 438 g/mol. The number of likely N-dealkylation sites (N-methyl/N-ethyl adjacent to an activating group) is 1. The number of hydrogen-bond acceptors (Lipinski definition) is 4. The lowest BCUT2D eigenvalue weighted by Crippen LogP contribution is -2.38. The summed E-state index contributed by atoms with van der Waals surface area (Å²) in [4.78, 5) is 31.8. The average Bonchev–Trinajstić information content (AvgIpc) is 2.93. The van der Waals surface area contributed by atoms with E-state index in [0.717, 1.165) is 37.9 Å². The lowest BCUT2D eigenvalue weighted by Gasteiger charge is -2.32. The number of aromatic nitrogens is 3. The summed E-state index contributed by atoms with van der Waals surface area (Å²) in [7, 11) is 1.90. The number of benzene rings is 1. The van der Waals surface area contributed by atoms with Crippen molar-refractivity contribution in [3.63, 3.8) is 0 Å². The second-order valence-electron chi connectivity index (χ2n) is 5.97. The molecule has 3 aromatic rings. The summed E-state index contributed by atoms with van der Waals surface area (Å²) in [5.41, 5.74) is 2.02. The molecule has 1 aliphatic rings. The average molecular weight is 438 g/mol. The second-order valence-corrected chi connectivity index (χ2v) is 6.94. The molecule has 124 valence electrons. The molecule has 1 unspecified atom stereocenters. The van der Waals surface area contributed by atoms with E-state index in [2.05, 4.69) is 16.0 Å². The third kappa shape index (κ3) is 2.13. The highest BCUT2D eigenvalue weighted by Gasteiger charge is 2.34. The molecule has 8 heteroatoms. The van der Waals surface area contributed by atoms with Crippen molar-refractivity contribution >= 4 is 33.8 Å². The van der Waals surface area contributed by atoms with Crippen LogP contribution in [0.5, 0.6) is 5.88 Å². The number of aromatic hydroxyl groups is 1. The van der Waals surface area contributed by atoms with Gasteiger partial charge in [-0.25, -0.2) is 7.58 Å². The van der Waals surface area contributed by atoms with Gasteiger partial charge in [0.15, 0.2) is 0 Å². The Balaban J connectivity index is 2.03. The molecule has 0 spiro atoms. The largest absolute Gasteiger partial charge is 0.493 e. The Bertz CT molecular complexity index is 1070. The van der Waals surface area contributed by atoms with Gasteiger partial charge in [-0.1, -0.05) is 18.2 Å². The van der Waals surface area contributed by atoms with Crippen LogP contribution in [0.15, 0.2) is 33.9 Å².